The number of H-pyrrole nitrogens is 1. The Morgan fingerprint density at radius 3 is 2.39 bits per heavy atom. The number of aromatic nitrogens is 1. The number of hydrogen-bond acceptors (Lipinski definition) is 6. The molecule has 1 aromatic carbocycles. The first kappa shape index (κ1) is 16.3. The summed E-state index contributed by atoms with van der Waals surface area (Å²) in [7, 11) is 4.62. The van der Waals surface area contributed by atoms with E-state index in [1.54, 1.807) is 31.5 Å². The van der Waals surface area contributed by atoms with Gasteiger partial charge in [-0.3, -0.25) is 15.4 Å². The maximum Gasteiger partial charge on any atom is 0.357 e. The van der Waals surface area contributed by atoms with Gasteiger partial charge >= 0.3 is 11.5 Å². The lowest BCUT2D eigenvalue weighted by Gasteiger charge is -2.13. The number of hydrogen-bond donors (Lipinski definition) is 1. The van der Waals surface area contributed by atoms with Crippen LogP contribution in [0.5, 0.6) is 17.2 Å². The van der Waals surface area contributed by atoms with Gasteiger partial charge in [0.2, 0.25) is 0 Å². The second-order valence-electron chi connectivity index (χ2n) is 4.56. The molecule has 0 saturated carbocycles. The predicted molar refractivity (Wildman–Crippen MR) is 83.1 cm³/mol. The van der Waals surface area contributed by atoms with Gasteiger partial charge in [-0.15, -0.1) is 0 Å². The van der Waals surface area contributed by atoms with Crippen LogP contribution in [0.15, 0.2) is 30.5 Å². The highest BCUT2D eigenvalue weighted by Gasteiger charge is 2.21. The zero-order valence-corrected chi connectivity index (χ0v) is 13.1. The largest absolute Gasteiger partial charge is 0.496 e. The third-order valence-electron chi connectivity index (χ3n) is 3.27. The van der Waals surface area contributed by atoms with E-state index in [-0.39, 0.29) is 5.69 Å². The quantitative estimate of drug-likeness (QED) is 0.619. The molecular weight excluding hydrogens is 302 g/mol. The van der Waals surface area contributed by atoms with Gasteiger partial charge in [0.15, 0.2) is 11.5 Å². The van der Waals surface area contributed by atoms with E-state index in [1.807, 2.05) is 0 Å². The van der Waals surface area contributed by atoms with Crippen molar-refractivity contribution < 1.29 is 24.1 Å². The molecule has 0 aliphatic carbocycles. The van der Waals surface area contributed by atoms with Crippen molar-refractivity contribution >= 4 is 11.5 Å². The van der Waals surface area contributed by atoms with Crippen molar-refractivity contribution in [3.63, 3.8) is 0 Å². The Hall–Kier alpha value is -3.03. The molecule has 2 rings (SSSR count). The molecule has 0 unspecified atom stereocenters. The highest BCUT2D eigenvalue weighted by molar-refractivity contribution is 5.54. The maximum absolute atomic E-state index is 11.0. The monoisotopic (exact) mass is 320 g/mol. The van der Waals surface area contributed by atoms with E-state index in [4.69, 9.17) is 14.2 Å². The molecule has 23 heavy (non-hydrogen) atoms. The van der Waals surface area contributed by atoms with Gasteiger partial charge in [0, 0.05) is 17.7 Å². The van der Waals surface area contributed by atoms with Gasteiger partial charge < -0.3 is 14.2 Å². The van der Waals surface area contributed by atoms with Crippen molar-refractivity contribution in [2.24, 2.45) is 0 Å². The molecule has 1 aromatic heterocycles. The van der Waals surface area contributed by atoms with Crippen LogP contribution in [0.3, 0.4) is 0 Å². The molecule has 0 amide bonds. The summed E-state index contributed by atoms with van der Waals surface area (Å²) in [5, 5.41) is 14.0. The number of nitro groups is 1. The average Bonchev–Trinajstić information content (AvgIpc) is 2.59. The van der Waals surface area contributed by atoms with Gasteiger partial charge in [-0.2, -0.15) is 0 Å². The summed E-state index contributed by atoms with van der Waals surface area (Å²) < 4.78 is 15.8. The second-order valence-corrected chi connectivity index (χ2v) is 4.56. The molecule has 8 heteroatoms. The van der Waals surface area contributed by atoms with Crippen molar-refractivity contribution in [2.45, 2.75) is 6.54 Å². The Balaban J connectivity index is 2.28. The molecule has 0 spiro atoms. The summed E-state index contributed by atoms with van der Waals surface area (Å²) in [4.78, 5) is 13.4. The van der Waals surface area contributed by atoms with E-state index in [1.165, 1.54) is 20.3 Å². The summed E-state index contributed by atoms with van der Waals surface area (Å²) in [6, 6.07) is 6.46. The van der Waals surface area contributed by atoms with Crippen LogP contribution in [0, 0.1) is 10.1 Å². The van der Waals surface area contributed by atoms with E-state index in [0.717, 1.165) is 5.56 Å². The zero-order chi connectivity index (χ0) is 16.8. The van der Waals surface area contributed by atoms with E-state index < -0.39 is 4.92 Å². The van der Waals surface area contributed by atoms with Crippen LogP contribution < -0.4 is 24.5 Å². The number of nitrogens with zero attached hydrogens (tertiary/aromatic N) is 1. The number of pyridine rings is 1. The van der Waals surface area contributed by atoms with Gasteiger partial charge in [0.25, 0.3) is 0 Å². The summed E-state index contributed by atoms with van der Waals surface area (Å²) in [6.45, 7) is 0.310. The normalized spacial score (nSPS) is 10.0. The first-order valence-electron chi connectivity index (χ1n) is 6.78. The molecule has 0 fully saturated rings. The fourth-order valence-corrected chi connectivity index (χ4v) is 2.14. The van der Waals surface area contributed by atoms with Crippen molar-refractivity contribution in [1.29, 1.82) is 0 Å². The van der Waals surface area contributed by atoms with Crippen LogP contribution in [-0.2, 0) is 6.54 Å². The van der Waals surface area contributed by atoms with Gasteiger partial charge in [0.05, 0.1) is 32.4 Å². The van der Waals surface area contributed by atoms with Crippen LogP contribution in [-0.4, -0.2) is 26.3 Å². The smallest absolute Gasteiger partial charge is 0.357 e. The molecule has 2 N–H and O–H groups in total. The van der Waals surface area contributed by atoms with Crippen LogP contribution in [0.1, 0.15) is 5.56 Å². The van der Waals surface area contributed by atoms with Crippen LogP contribution in [0.4, 0.5) is 11.5 Å². The Bertz CT molecular complexity index is 706. The molecule has 1 heterocycles. The Morgan fingerprint density at radius 1 is 1.13 bits per heavy atom. The fraction of sp³-hybridized carbons (Fsp3) is 0.267. The molecule has 0 aliphatic rings. The van der Waals surface area contributed by atoms with E-state index in [0.29, 0.717) is 29.6 Å². The first-order chi connectivity index (χ1) is 11.1. The maximum atomic E-state index is 11.0. The van der Waals surface area contributed by atoms with Crippen LogP contribution in [0.25, 0.3) is 0 Å². The van der Waals surface area contributed by atoms with E-state index in [2.05, 4.69) is 10.3 Å². The minimum Gasteiger partial charge on any atom is -0.496 e. The van der Waals surface area contributed by atoms with Gasteiger partial charge in [-0.05, 0) is 12.1 Å². The molecule has 0 radical (unpaired) electrons. The Morgan fingerprint density at radius 2 is 1.78 bits per heavy atom. The summed E-state index contributed by atoms with van der Waals surface area (Å²) >= 11 is 0. The lowest BCUT2D eigenvalue weighted by molar-refractivity contribution is -0.409. The molecule has 8 nitrogen and oxygen atoms in total. The Labute approximate surface area is 133 Å². The minimum atomic E-state index is -0.454. The van der Waals surface area contributed by atoms with Crippen molar-refractivity contribution in [3.05, 3.63) is 46.1 Å². The second kappa shape index (κ2) is 7.30. The molecule has 2 aromatic rings. The van der Waals surface area contributed by atoms with Crippen LogP contribution >= 0.6 is 0 Å². The lowest BCUT2D eigenvalue weighted by Crippen LogP contribution is -2.15. The van der Waals surface area contributed by atoms with E-state index >= 15 is 0 Å². The fourth-order valence-electron chi connectivity index (χ4n) is 2.14. The first-order valence-corrected chi connectivity index (χ1v) is 6.78. The van der Waals surface area contributed by atoms with Gasteiger partial charge in [-0.1, -0.05) is 0 Å². The SMILES string of the molecule is COc1cc(OC)c(OC)cc1CNc1[nH+]cccc1[N+](=O)[O-]. The predicted octanol–water partition coefficient (Wildman–Crippen LogP) is 2.05. The summed E-state index contributed by atoms with van der Waals surface area (Å²) in [5.41, 5.74) is 0.739. The van der Waals surface area contributed by atoms with Crippen molar-refractivity contribution in [1.82, 2.24) is 0 Å². The molecule has 122 valence electrons. The van der Waals surface area contributed by atoms with Gasteiger partial charge in [-0.25, -0.2) is 4.98 Å². The summed E-state index contributed by atoms with van der Waals surface area (Å²) in [6.07, 6.45) is 1.61. The highest BCUT2D eigenvalue weighted by Crippen LogP contribution is 2.35. The third kappa shape index (κ3) is 3.60. The molecule has 0 aliphatic heterocycles. The van der Waals surface area contributed by atoms with Gasteiger partial charge in [0.1, 0.15) is 12.3 Å². The molecular formula is C15H18N3O5+. The number of nitrogens with one attached hydrogen (secondary N) is 2. The number of rotatable bonds is 7. The lowest BCUT2D eigenvalue weighted by atomic mass is 10.1. The number of aromatic amines is 1. The number of ether oxygens (including phenoxy) is 3. The van der Waals surface area contributed by atoms with Crippen molar-refractivity contribution in [2.75, 3.05) is 26.6 Å². The molecule has 0 atom stereocenters. The third-order valence-corrected chi connectivity index (χ3v) is 3.27. The topological polar surface area (TPSA) is 97.0 Å². The minimum absolute atomic E-state index is 0.0352. The van der Waals surface area contributed by atoms with Crippen molar-refractivity contribution in [3.8, 4) is 17.2 Å². The Kier molecular flexibility index (Phi) is 5.19. The standard InChI is InChI=1S/C15H17N3O5/c1-21-12-8-14(23-3)13(22-2)7-10(12)9-17-15-11(18(19)20)5-4-6-16-15/h4-8H,9H2,1-3H3,(H,16,17)/p+1. The highest BCUT2D eigenvalue weighted by atomic mass is 16.6. The van der Waals surface area contributed by atoms with Crippen LogP contribution in [0.2, 0.25) is 0 Å². The average molecular weight is 320 g/mol. The number of anilines is 1. The van der Waals surface area contributed by atoms with E-state index in [9.17, 15) is 10.1 Å². The zero-order valence-electron chi connectivity index (χ0n) is 13.1. The number of methoxy groups -OCH3 is 3. The number of benzene rings is 1. The molecule has 0 bridgehead atoms. The molecule has 0 saturated heterocycles. The summed E-state index contributed by atoms with van der Waals surface area (Å²) in [5.74, 6) is 2.00.